The normalized spacial score (nSPS) is 10.8. The first kappa shape index (κ1) is 13.1. The number of hydrogen-bond acceptors (Lipinski definition) is 5. The minimum Gasteiger partial charge on any atom is -0.437 e. The van der Waals surface area contributed by atoms with Crippen LogP contribution in [0.1, 0.15) is 0 Å². The number of hydrogen-bond donors (Lipinski definition) is 1. The number of rotatable bonds is 3. The standard InChI is InChI=1S/C13H9ClFN3OS/c1-16-13-17-11(8-4-5-20-12(8)18-13)19-10-3-2-7(15)6-9(10)14/h2-6H,1H3,(H,16,17,18). The van der Waals surface area contributed by atoms with E-state index in [1.165, 1.54) is 29.5 Å². The summed E-state index contributed by atoms with van der Waals surface area (Å²) in [5.41, 5.74) is 0. The number of anilines is 1. The van der Waals surface area contributed by atoms with E-state index in [4.69, 9.17) is 16.3 Å². The van der Waals surface area contributed by atoms with Gasteiger partial charge in [-0.1, -0.05) is 11.6 Å². The van der Waals surface area contributed by atoms with E-state index in [0.29, 0.717) is 17.6 Å². The molecule has 0 bridgehead atoms. The number of nitrogens with one attached hydrogen (secondary N) is 1. The Balaban J connectivity index is 2.07. The summed E-state index contributed by atoms with van der Waals surface area (Å²) in [6.45, 7) is 0. The van der Waals surface area contributed by atoms with Gasteiger partial charge in [-0.25, -0.2) is 9.37 Å². The number of fused-ring (bicyclic) bond motifs is 1. The van der Waals surface area contributed by atoms with Crippen molar-refractivity contribution in [1.82, 2.24) is 9.97 Å². The summed E-state index contributed by atoms with van der Waals surface area (Å²) >= 11 is 7.44. The third kappa shape index (κ3) is 2.39. The predicted octanol–water partition coefficient (Wildman–Crippen LogP) is 4.32. The lowest BCUT2D eigenvalue weighted by molar-refractivity contribution is 0.467. The van der Waals surface area contributed by atoms with Crippen molar-refractivity contribution in [2.45, 2.75) is 0 Å². The molecule has 0 spiro atoms. The summed E-state index contributed by atoms with van der Waals surface area (Å²) < 4.78 is 18.7. The largest absolute Gasteiger partial charge is 0.437 e. The minimum absolute atomic E-state index is 0.193. The topological polar surface area (TPSA) is 47.0 Å². The molecule has 0 saturated heterocycles. The Morgan fingerprint density at radius 2 is 2.15 bits per heavy atom. The third-order valence-electron chi connectivity index (χ3n) is 2.61. The lowest BCUT2D eigenvalue weighted by Crippen LogP contribution is -1.98. The summed E-state index contributed by atoms with van der Waals surface area (Å²) in [5, 5.41) is 5.75. The van der Waals surface area contributed by atoms with Crippen molar-refractivity contribution in [2.24, 2.45) is 0 Å². The van der Waals surface area contributed by atoms with Crippen molar-refractivity contribution in [3.8, 4) is 11.6 Å². The maximum absolute atomic E-state index is 13.0. The van der Waals surface area contributed by atoms with Gasteiger partial charge in [-0.3, -0.25) is 0 Å². The van der Waals surface area contributed by atoms with Gasteiger partial charge >= 0.3 is 0 Å². The summed E-state index contributed by atoms with van der Waals surface area (Å²) in [6, 6.07) is 5.82. The first-order valence-corrected chi connectivity index (χ1v) is 6.99. The lowest BCUT2D eigenvalue weighted by atomic mass is 10.3. The Morgan fingerprint density at radius 1 is 1.30 bits per heavy atom. The highest BCUT2D eigenvalue weighted by Gasteiger charge is 2.12. The Labute approximate surface area is 123 Å². The smallest absolute Gasteiger partial charge is 0.232 e. The number of nitrogens with zero attached hydrogens (tertiary/aromatic N) is 2. The van der Waals surface area contributed by atoms with Crippen LogP contribution in [-0.4, -0.2) is 17.0 Å². The zero-order valence-electron chi connectivity index (χ0n) is 10.4. The lowest BCUT2D eigenvalue weighted by Gasteiger charge is -2.09. The van der Waals surface area contributed by atoms with E-state index in [9.17, 15) is 4.39 Å². The fourth-order valence-electron chi connectivity index (χ4n) is 1.68. The molecule has 0 unspecified atom stereocenters. The van der Waals surface area contributed by atoms with Gasteiger partial charge in [0.25, 0.3) is 0 Å². The van der Waals surface area contributed by atoms with Gasteiger partial charge in [-0.15, -0.1) is 11.3 Å². The highest BCUT2D eigenvalue weighted by molar-refractivity contribution is 7.16. The molecule has 20 heavy (non-hydrogen) atoms. The monoisotopic (exact) mass is 309 g/mol. The van der Waals surface area contributed by atoms with Crippen LogP contribution in [0.3, 0.4) is 0 Å². The van der Waals surface area contributed by atoms with Crippen LogP contribution >= 0.6 is 22.9 Å². The van der Waals surface area contributed by atoms with Gasteiger partial charge in [0, 0.05) is 7.05 Å². The fourth-order valence-corrected chi connectivity index (χ4v) is 2.64. The Morgan fingerprint density at radius 3 is 2.90 bits per heavy atom. The van der Waals surface area contributed by atoms with E-state index in [0.717, 1.165) is 10.2 Å². The summed E-state index contributed by atoms with van der Waals surface area (Å²) in [4.78, 5) is 9.38. The SMILES string of the molecule is CNc1nc(Oc2ccc(F)cc2Cl)c2ccsc2n1. The molecule has 2 heterocycles. The molecule has 3 aromatic rings. The van der Waals surface area contributed by atoms with Crippen LogP contribution in [-0.2, 0) is 0 Å². The number of aromatic nitrogens is 2. The second-order valence-electron chi connectivity index (χ2n) is 3.92. The first-order valence-electron chi connectivity index (χ1n) is 5.73. The molecule has 7 heteroatoms. The van der Waals surface area contributed by atoms with Crippen LogP contribution in [0.4, 0.5) is 10.3 Å². The minimum atomic E-state index is -0.415. The Hall–Kier alpha value is -1.92. The molecule has 0 amide bonds. The molecule has 0 atom stereocenters. The van der Waals surface area contributed by atoms with Gasteiger partial charge in [-0.2, -0.15) is 4.98 Å². The van der Waals surface area contributed by atoms with Crippen LogP contribution in [0.5, 0.6) is 11.6 Å². The fraction of sp³-hybridized carbons (Fsp3) is 0.0769. The molecule has 102 valence electrons. The molecule has 2 aromatic heterocycles. The van der Waals surface area contributed by atoms with Gasteiger partial charge < -0.3 is 10.1 Å². The van der Waals surface area contributed by atoms with Gasteiger partial charge in [0.1, 0.15) is 16.4 Å². The predicted molar refractivity (Wildman–Crippen MR) is 78.4 cm³/mol. The number of benzene rings is 1. The van der Waals surface area contributed by atoms with E-state index in [1.54, 1.807) is 7.05 Å². The highest BCUT2D eigenvalue weighted by Crippen LogP contribution is 2.34. The van der Waals surface area contributed by atoms with Crippen LogP contribution < -0.4 is 10.1 Å². The van der Waals surface area contributed by atoms with Crippen molar-refractivity contribution < 1.29 is 9.13 Å². The van der Waals surface area contributed by atoms with Crippen molar-refractivity contribution in [2.75, 3.05) is 12.4 Å². The van der Waals surface area contributed by atoms with Gasteiger partial charge in [0.15, 0.2) is 0 Å². The third-order valence-corrected chi connectivity index (χ3v) is 3.72. The van der Waals surface area contributed by atoms with Crippen LogP contribution in [0, 0.1) is 5.82 Å². The van der Waals surface area contributed by atoms with Crippen LogP contribution in [0.2, 0.25) is 5.02 Å². The average molecular weight is 310 g/mol. The molecule has 0 radical (unpaired) electrons. The maximum Gasteiger partial charge on any atom is 0.232 e. The highest BCUT2D eigenvalue weighted by atomic mass is 35.5. The number of halogens is 2. The summed E-state index contributed by atoms with van der Waals surface area (Å²) in [5.74, 6) is 0.769. The van der Waals surface area contributed by atoms with E-state index < -0.39 is 5.82 Å². The van der Waals surface area contributed by atoms with Crippen molar-refractivity contribution in [3.05, 3.63) is 40.5 Å². The summed E-state index contributed by atoms with van der Waals surface area (Å²) in [7, 11) is 1.73. The quantitative estimate of drug-likeness (QED) is 0.783. The van der Waals surface area contributed by atoms with Gasteiger partial charge in [0.2, 0.25) is 11.8 Å². The molecule has 1 aromatic carbocycles. The van der Waals surface area contributed by atoms with Gasteiger partial charge in [-0.05, 0) is 29.6 Å². The van der Waals surface area contributed by atoms with Crippen LogP contribution in [0.25, 0.3) is 10.2 Å². The first-order chi connectivity index (χ1) is 9.67. The molecule has 0 aliphatic carbocycles. The average Bonchev–Trinajstić information content (AvgIpc) is 2.90. The molecule has 1 N–H and O–H groups in total. The second kappa shape index (κ2) is 5.22. The maximum atomic E-state index is 13.0. The number of thiophene rings is 1. The Bertz CT molecular complexity index is 777. The molecule has 4 nitrogen and oxygen atoms in total. The molecule has 0 aliphatic rings. The molecular formula is C13H9ClFN3OS. The molecule has 3 rings (SSSR count). The number of ether oxygens (including phenoxy) is 1. The summed E-state index contributed by atoms with van der Waals surface area (Å²) in [6.07, 6.45) is 0. The molecular weight excluding hydrogens is 301 g/mol. The van der Waals surface area contributed by atoms with E-state index in [1.807, 2.05) is 11.4 Å². The van der Waals surface area contributed by atoms with Crippen molar-refractivity contribution in [1.29, 1.82) is 0 Å². The second-order valence-corrected chi connectivity index (χ2v) is 5.22. The van der Waals surface area contributed by atoms with Gasteiger partial charge in [0.05, 0.1) is 10.4 Å². The van der Waals surface area contributed by atoms with Crippen molar-refractivity contribution >= 4 is 39.1 Å². The van der Waals surface area contributed by atoms with Crippen LogP contribution in [0.15, 0.2) is 29.6 Å². The molecule has 0 aliphatic heterocycles. The Kier molecular flexibility index (Phi) is 3.42. The van der Waals surface area contributed by atoms with Crippen molar-refractivity contribution in [3.63, 3.8) is 0 Å². The van der Waals surface area contributed by atoms with E-state index in [-0.39, 0.29) is 5.02 Å². The van der Waals surface area contributed by atoms with E-state index >= 15 is 0 Å². The van der Waals surface area contributed by atoms with E-state index in [2.05, 4.69) is 15.3 Å². The zero-order chi connectivity index (χ0) is 14.1. The molecule has 0 fully saturated rings. The molecule has 0 saturated carbocycles. The zero-order valence-corrected chi connectivity index (χ0v) is 11.9.